The van der Waals surface area contributed by atoms with E-state index in [-0.39, 0.29) is 5.69 Å². The molecule has 0 saturated heterocycles. The first-order valence-corrected chi connectivity index (χ1v) is 6.13. The van der Waals surface area contributed by atoms with Gasteiger partial charge in [0.25, 0.3) is 0 Å². The molecule has 8 heteroatoms. The molecule has 0 aromatic carbocycles. The van der Waals surface area contributed by atoms with Gasteiger partial charge in [-0.3, -0.25) is 0 Å². The lowest BCUT2D eigenvalue weighted by Gasteiger charge is -2.02. The van der Waals surface area contributed by atoms with Crippen LogP contribution < -0.4 is 0 Å². The maximum Gasteiger partial charge on any atom is 0.360 e. The Kier molecular flexibility index (Phi) is 4.46. The minimum atomic E-state index is -0.492. The fourth-order valence-electron chi connectivity index (χ4n) is 1.86. The number of carbonyl (C=O) groups excluding carboxylic acids is 1. The highest BCUT2D eigenvalue weighted by molar-refractivity contribution is 5.88. The molecule has 2 heterocycles. The second-order valence-corrected chi connectivity index (χ2v) is 4.11. The van der Waals surface area contributed by atoms with Gasteiger partial charge < -0.3 is 14.0 Å². The molecule has 108 valence electrons. The van der Waals surface area contributed by atoms with Gasteiger partial charge >= 0.3 is 5.97 Å². The Morgan fingerprint density at radius 2 is 2.25 bits per heavy atom. The number of hydrogen-bond acceptors (Lipinski definition) is 7. The van der Waals surface area contributed by atoms with Crippen LogP contribution in [0.3, 0.4) is 0 Å². The molecule has 0 unspecified atom stereocenters. The number of rotatable bonds is 6. The van der Waals surface area contributed by atoms with E-state index in [1.54, 1.807) is 17.9 Å². The van der Waals surface area contributed by atoms with Gasteiger partial charge in [-0.25, -0.2) is 9.48 Å². The minimum Gasteiger partial charge on any atom is -0.464 e. The number of ether oxygens (including phenoxy) is 2. The van der Waals surface area contributed by atoms with Gasteiger partial charge in [-0.1, -0.05) is 17.3 Å². The first-order chi connectivity index (χ1) is 9.69. The smallest absolute Gasteiger partial charge is 0.360 e. The van der Waals surface area contributed by atoms with E-state index in [0.29, 0.717) is 36.7 Å². The van der Waals surface area contributed by atoms with Crippen molar-refractivity contribution in [2.75, 3.05) is 14.2 Å². The van der Waals surface area contributed by atoms with E-state index in [2.05, 4.69) is 20.2 Å². The van der Waals surface area contributed by atoms with Crippen molar-refractivity contribution in [2.24, 2.45) is 0 Å². The normalized spacial score (nSPS) is 10.8. The summed E-state index contributed by atoms with van der Waals surface area (Å²) in [5, 5.41) is 11.7. The Hall–Kier alpha value is -2.22. The summed E-state index contributed by atoms with van der Waals surface area (Å²) in [4.78, 5) is 11.6. The number of nitrogens with zero attached hydrogens (tertiary/aromatic N) is 4. The Morgan fingerprint density at radius 1 is 1.45 bits per heavy atom. The van der Waals surface area contributed by atoms with Crippen LogP contribution in [0, 0.1) is 0 Å². The molecular weight excluding hydrogens is 264 g/mol. The van der Waals surface area contributed by atoms with E-state index in [1.807, 2.05) is 6.92 Å². The first-order valence-electron chi connectivity index (χ1n) is 6.13. The molecule has 0 radical (unpaired) electrons. The molecule has 0 amide bonds. The zero-order valence-electron chi connectivity index (χ0n) is 11.6. The summed E-state index contributed by atoms with van der Waals surface area (Å²) in [6.45, 7) is 2.65. The number of hydrogen-bond donors (Lipinski definition) is 0. The van der Waals surface area contributed by atoms with Crippen LogP contribution in [0.1, 0.15) is 34.6 Å². The molecule has 0 spiro atoms. The maximum atomic E-state index is 11.6. The quantitative estimate of drug-likeness (QED) is 0.723. The van der Waals surface area contributed by atoms with Crippen molar-refractivity contribution in [1.82, 2.24) is 20.2 Å². The monoisotopic (exact) mass is 280 g/mol. The Bertz CT molecular complexity index is 590. The van der Waals surface area contributed by atoms with Crippen LogP contribution in [0.4, 0.5) is 0 Å². The summed E-state index contributed by atoms with van der Waals surface area (Å²) < 4.78 is 16.3. The van der Waals surface area contributed by atoms with Crippen molar-refractivity contribution in [3.05, 3.63) is 28.9 Å². The molecule has 2 rings (SSSR count). The molecule has 2 aromatic rings. The first kappa shape index (κ1) is 14.2. The van der Waals surface area contributed by atoms with Crippen molar-refractivity contribution in [2.45, 2.75) is 26.5 Å². The lowest BCUT2D eigenvalue weighted by atomic mass is 10.2. The highest BCUT2D eigenvalue weighted by atomic mass is 16.5. The van der Waals surface area contributed by atoms with E-state index in [0.717, 1.165) is 0 Å². The van der Waals surface area contributed by atoms with E-state index < -0.39 is 5.97 Å². The third-order valence-corrected chi connectivity index (χ3v) is 2.76. The van der Waals surface area contributed by atoms with Gasteiger partial charge in [0.1, 0.15) is 12.3 Å². The van der Waals surface area contributed by atoms with Crippen molar-refractivity contribution >= 4 is 5.97 Å². The van der Waals surface area contributed by atoms with Crippen LogP contribution >= 0.6 is 0 Å². The number of carbonyl (C=O) groups is 1. The molecule has 8 nitrogen and oxygen atoms in total. The fraction of sp³-hybridized carbons (Fsp3) is 0.500. The molecule has 20 heavy (non-hydrogen) atoms. The lowest BCUT2D eigenvalue weighted by Crippen LogP contribution is -2.10. The summed E-state index contributed by atoms with van der Waals surface area (Å²) in [5.41, 5.74) is 1.62. The van der Waals surface area contributed by atoms with Crippen molar-refractivity contribution in [3.8, 4) is 0 Å². The Morgan fingerprint density at radius 3 is 2.90 bits per heavy atom. The molecule has 0 aliphatic carbocycles. The van der Waals surface area contributed by atoms with Crippen LogP contribution in [-0.4, -0.2) is 40.3 Å². The van der Waals surface area contributed by atoms with Crippen molar-refractivity contribution < 1.29 is 18.8 Å². The fourth-order valence-corrected chi connectivity index (χ4v) is 1.86. The van der Waals surface area contributed by atoms with E-state index >= 15 is 0 Å². The SMILES string of the molecule is CCc1c(C(=O)OC)nnn1Cc1cc(COC)on1. The second kappa shape index (κ2) is 6.29. The van der Waals surface area contributed by atoms with Crippen LogP contribution in [0.5, 0.6) is 0 Å². The van der Waals surface area contributed by atoms with Gasteiger partial charge in [0, 0.05) is 13.2 Å². The topological polar surface area (TPSA) is 92.3 Å². The maximum absolute atomic E-state index is 11.6. The molecule has 0 atom stereocenters. The average Bonchev–Trinajstić information content (AvgIpc) is 3.05. The molecule has 0 saturated carbocycles. The van der Waals surface area contributed by atoms with Gasteiger partial charge in [0.15, 0.2) is 11.5 Å². The van der Waals surface area contributed by atoms with Crippen molar-refractivity contribution in [1.29, 1.82) is 0 Å². The predicted molar refractivity (Wildman–Crippen MR) is 67.1 cm³/mol. The highest BCUT2D eigenvalue weighted by Crippen LogP contribution is 2.11. The third-order valence-electron chi connectivity index (χ3n) is 2.76. The minimum absolute atomic E-state index is 0.232. The summed E-state index contributed by atoms with van der Waals surface area (Å²) in [7, 11) is 2.90. The van der Waals surface area contributed by atoms with E-state index in [4.69, 9.17) is 9.26 Å². The van der Waals surface area contributed by atoms with E-state index in [9.17, 15) is 4.79 Å². The molecule has 0 aliphatic rings. The van der Waals surface area contributed by atoms with Gasteiger partial charge in [-0.2, -0.15) is 0 Å². The Labute approximate surface area is 115 Å². The van der Waals surface area contributed by atoms with Crippen LogP contribution in [-0.2, 0) is 29.0 Å². The molecule has 2 aromatic heterocycles. The van der Waals surface area contributed by atoms with Crippen LogP contribution in [0.25, 0.3) is 0 Å². The number of esters is 1. The standard InChI is InChI=1S/C12H16N4O4/c1-4-10-11(12(17)19-3)13-15-16(10)6-8-5-9(7-18-2)20-14-8/h5H,4,6-7H2,1-3H3. The zero-order valence-corrected chi connectivity index (χ0v) is 11.6. The zero-order chi connectivity index (χ0) is 14.5. The Balaban J connectivity index is 2.20. The molecule has 0 bridgehead atoms. The van der Waals surface area contributed by atoms with Crippen molar-refractivity contribution in [3.63, 3.8) is 0 Å². The van der Waals surface area contributed by atoms with Gasteiger partial charge in [-0.15, -0.1) is 5.10 Å². The summed E-state index contributed by atoms with van der Waals surface area (Å²) in [5.74, 6) is 0.141. The average molecular weight is 280 g/mol. The van der Waals surface area contributed by atoms with Gasteiger partial charge in [0.05, 0.1) is 19.3 Å². The summed E-state index contributed by atoms with van der Waals surface area (Å²) in [6, 6.07) is 1.78. The molecule has 0 fully saturated rings. The van der Waals surface area contributed by atoms with Gasteiger partial charge in [-0.05, 0) is 6.42 Å². The predicted octanol–water partition coefficient (Wildman–Crippen LogP) is 0.810. The van der Waals surface area contributed by atoms with Crippen LogP contribution in [0.2, 0.25) is 0 Å². The van der Waals surface area contributed by atoms with Gasteiger partial charge in [0.2, 0.25) is 0 Å². The highest BCUT2D eigenvalue weighted by Gasteiger charge is 2.19. The molecule has 0 aliphatic heterocycles. The largest absolute Gasteiger partial charge is 0.464 e. The van der Waals surface area contributed by atoms with E-state index in [1.165, 1.54) is 7.11 Å². The number of aromatic nitrogens is 4. The van der Waals surface area contributed by atoms with Crippen LogP contribution in [0.15, 0.2) is 10.6 Å². The summed E-state index contributed by atoms with van der Waals surface area (Å²) in [6.07, 6.45) is 0.611. The lowest BCUT2D eigenvalue weighted by molar-refractivity contribution is 0.0592. The number of methoxy groups -OCH3 is 2. The summed E-state index contributed by atoms with van der Waals surface area (Å²) >= 11 is 0. The third kappa shape index (κ3) is 2.85. The second-order valence-electron chi connectivity index (χ2n) is 4.11. The molecular formula is C12H16N4O4. The molecule has 0 N–H and O–H groups in total.